The average Bonchev–Trinajstić information content (AvgIpc) is 3.39. The first kappa shape index (κ1) is 17.7. The van der Waals surface area contributed by atoms with E-state index >= 15 is 0 Å². The van der Waals surface area contributed by atoms with Crippen molar-refractivity contribution in [3.05, 3.63) is 71.5 Å². The maximum atomic E-state index is 5.20. The molecule has 0 saturated carbocycles. The van der Waals surface area contributed by atoms with Crippen LogP contribution in [-0.4, -0.2) is 32.3 Å². The number of nitrogens with zero attached hydrogens (tertiary/aromatic N) is 5. The second-order valence-electron chi connectivity index (χ2n) is 5.71. The zero-order valence-electron chi connectivity index (χ0n) is 14.6. The summed E-state index contributed by atoms with van der Waals surface area (Å²) in [7, 11) is 1.67. The Morgan fingerprint density at radius 3 is 2.63 bits per heavy atom. The zero-order chi connectivity index (χ0) is 18.5. The third-order valence-corrected chi connectivity index (χ3v) is 5.81. The van der Waals surface area contributed by atoms with E-state index in [-0.39, 0.29) is 0 Å². The van der Waals surface area contributed by atoms with Gasteiger partial charge < -0.3 is 4.74 Å². The highest BCUT2D eigenvalue weighted by Crippen LogP contribution is 2.27. The predicted octanol–water partition coefficient (Wildman–Crippen LogP) is 4.23. The van der Waals surface area contributed by atoms with E-state index in [4.69, 9.17) is 9.72 Å². The Morgan fingerprint density at radius 2 is 1.85 bits per heavy atom. The zero-order valence-corrected chi connectivity index (χ0v) is 16.3. The van der Waals surface area contributed by atoms with Crippen molar-refractivity contribution in [1.82, 2.24) is 25.2 Å². The highest BCUT2D eigenvalue weighted by molar-refractivity contribution is 7.97. The molecule has 0 N–H and O–H groups in total. The van der Waals surface area contributed by atoms with Crippen LogP contribution in [0, 0.1) is 0 Å². The molecule has 0 saturated heterocycles. The molecular formula is C19H17N5OS2. The van der Waals surface area contributed by atoms with Crippen molar-refractivity contribution in [3.8, 4) is 22.0 Å². The van der Waals surface area contributed by atoms with Crippen LogP contribution in [0.1, 0.15) is 11.5 Å². The number of methoxy groups -OCH3 is 1. The van der Waals surface area contributed by atoms with Gasteiger partial charge in [-0.25, -0.2) is 4.98 Å². The standard InChI is InChI=1S/C19H17N5OS2/c1-25-17-9-7-14(8-10-17)19-20-15(12-27-19)11-26-13-18-21-22-23-24(18)16-5-3-2-4-6-16/h2-10,12H,11,13H2,1H3. The van der Waals surface area contributed by atoms with Gasteiger partial charge in [0.25, 0.3) is 0 Å². The summed E-state index contributed by atoms with van der Waals surface area (Å²) in [5, 5.41) is 15.2. The van der Waals surface area contributed by atoms with E-state index in [2.05, 4.69) is 20.9 Å². The Hall–Kier alpha value is -2.71. The van der Waals surface area contributed by atoms with Gasteiger partial charge in [0.1, 0.15) is 10.8 Å². The third kappa shape index (κ3) is 4.17. The molecule has 2 heterocycles. The van der Waals surface area contributed by atoms with Crippen molar-refractivity contribution in [2.45, 2.75) is 11.5 Å². The molecule has 0 spiro atoms. The second kappa shape index (κ2) is 8.32. The number of tetrazole rings is 1. The molecule has 0 radical (unpaired) electrons. The fourth-order valence-corrected chi connectivity index (χ4v) is 4.30. The SMILES string of the molecule is COc1ccc(-c2nc(CSCc3nnnn3-c3ccccc3)cs2)cc1. The van der Waals surface area contributed by atoms with Gasteiger partial charge in [-0.15, -0.1) is 28.2 Å². The van der Waals surface area contributed by atoms with Crippen molar-refractivity contribution in [1.29, 1.82) is 0 Å². The van der Waals surface area contributed by atoms with Gasteiger partial charge in [-0.05, 0) is 46.8 Å². The minimum atomic E-state index is 0.720. The monoisotopic (exact) mass is 395 g/mol. The van der Waals surface area contributed by atoms with Crippen molar-refractivity contribution < 1.29 is 4.74 Å². The van der Waals surface area contributed by atoms with Crippen LogP contribution in [0.25, 0.3) is 16.3 Å². The largest absolute Gasteiger partial charge is 0.497 e. The van der Waals surface area contributed by atoms with Crippen LogP contribution in [0.4, 0.5) is 0 Å². The highest BCUT2D eigenvalue weighted by Gasteiger charge is 2.10. The third-order valence-electron chi connectivity index (χ3n) is 3.90. The van der Waals surface area contributed by atoms with Gasteiger partial charge in [-0.1, -0.05) is 18.2 Å². The van der Waals surface area contributed by atoms with Crippen LogP contribution in [-0.2, 0) is 11.5 Å². The molecule has 27 heavy (non-hydrogen) atoms. The summed E-state index contributed by atoms with van der Waals surface area (Å²) < 4.78 is 6.98. The van der Waals surface area contributed by atoms with Crippen LogP contribution >= 0.6 is 23.1 Å². The molecule has 4 aromatic rings. The van der Waals surface area contributed by atoms with Gasteiger partial charge >= 0.3 is 0 Å². The van der Waals surface area contributed by atoms with E-state index in [1.165, 1.54) is 0 Å². The molecule has 0 atom stereocenters. The summed E-state index contributed by atoms with van der Waals surface area (Å²) in [6.45, 7) is 0. The highest BCUT2D eigenvalue weighted by atomic mass is 32.2. The number of benzene rings is 2. The summed E-state index contributed by atoms with van der Waals surface area (Å²) in [5.74, 6) is 3.21. The molecular weight excluding hydrogens is 378 g/mol. The topological polar surface area (TPSA) is 65.7 Å². The van der Waals surface area contributed by atoms with Gasteiger partial charge in [0.05, 0.1) is 24.2 Å². The van der Waals surface area contributed by atoms with E-state index in [9.17, 15) is 0 Å². The van der Waals surface area contributed by atoms with Crippen LogP contribution < -0.4 is 4.74 Å². The van der Waals surface area contributed by atoms with Crippen molar-refractivity contribution >= 4 is 23.1 Å². The fourth-order valence-electron chi connectivity index (χ4n) is 2.55. The molecule has 0 aliphatic carbocycles. The van der Waals surface area contributed by atoms with E-state index in [0.717, 1.165) is 45.0 Å². The van der Waals surface area contributed by atoms with Gasteiger partial charge in [-0.3, -0.25) is 0 Å². The first-order valence-corrected chi connectivity index (χ1v) is 10.4. The quantitative estimate of drug-likeness (QED) is 0.467. The Morgan fingerprint density at radius 1 is 1.04 bits per heavy atom. The summed E-state index contributed by atoms with van der Waals surface area (Å²) >= 11 is 3.40. The van der Waals surface area contributed by atoms with Crippen LogP contribution in [0.3, 0.4) is 0 Å². The Kier molecular flexibility index (Phi) is 5.45. The number of ether oxygens (including phenoxy) is 1. The lowest BCUT2D eigenvalue weighted by molar-refractivity contribution is 0.415. The Bertz CT molecular complexity index is 998. The average molecular weight is 396 g/mol. The Labute approximate surface area is 165 Å². The number of aromatic nitrogens is 5. The van der Waals surface area contributed by atoms with Crippen molar-refractivity contribution in [2.24, 2.45) is 0 Å². The van der Waals surface area contributed by atoms with E-state index in [1.54, 1.807) is 34.9 Å². The molecule has 0 fully saturated rings. The lowest BCUT2D eigenvalue weighted by Gasteiger charge is -2.03. The molecule has 0 amide bonds. The molecule has 0 unspecified atom stereocenters. The summed E-state index contributed by atoms with van der Waals surface area (Å²) in [6, 6.07) is 17.9. The molecule has 0 aliphatic heterocycles. The maximum Gasteiger partial charge on any atom is 0.166 e. The minimum absolute atomic E-state index is 0.720. The minimum Gasteiger partial charge on any atom is -0.497 e. The van der Waals surface area contributed by atoms with Crippen molar-refractivity contribution in [2.75, 3.05) is 7.11 Å². The van der Waals surface area contributed by atoms with Gasteiger partial charge in [0, 0.05) is 16.7 Å². The first-order valence-electron chi connectivity index (χ1n) is 8.33. The number of rotatable bonds is 7. The lowest BCUT2D eigenvalue weighted by Crippen LogP contribution is -2.02. The molecule has 0 aliphatic rings. The molecule has 0 bridgehead atoms. The number of thioether (sulfide) groups is 1. The number of hydrogen-bond acceptors (Lipinski definition) is 7. The molecule has 2 aromatic heterocycles. The Balaban J connectivity index is 1.38. The number of para-hydroxylation sites is 1. The van der Waals surface area contributed by atoms with Crippen LogP contribution in [0.5, 0.6) is 5.75 Å². The van der Waals surface area contributed by atoms with Gasteiger partial charge in [-0.2, -0.15) is 4.68 Å². The summed E-state index contributed by atoms with van der Waals surface area (Å²) in [4.78, 5) is 4.73. The van der Waals surface area contributed by atoms with Gasteiger partial charge in [0.15, 0.2) is 5.82 Å². The summed E-state index contributed by atoms with van der Waals surface area (Å²) in [6.07, 6.45) is 0. The summed E-state index contributed by atoms with van der Waals surface area (Å²) in [5.41, 5.74) is 3.13. The first-order chi connectivity index (χ1) is 13.3. The number of hydrogen-bond donors (Lipinski definition) is 0. The number of thiazole rings is 1. The predicted molar refractivity (Wildman–Crippen MR) is 108 cm³/mol. The van der Waals surface area contributed by atoms with E-state index in [0.29, 0.717) is 0 Å². The van der Waals surface area contributed by atoms with Crippen LogP contribution in [0.2, 0.25) is 0 Å². The van der Waals surface area contributed by atoms with Crippen LogP contribution in [0.15, 0.2) is 60.0 Å². The lowest BCUT2D eigenvalue weighted by atomic mass is 10.2. The van der Waals surface area contributed by atoms with E-state index < -0.39 is 0 Å². The molecule has 8 heteroatoms. The molecule has 4 rings (SSSR count). The van der Waals surface area contributed by atoms with Gasteiger partial charge in [0.2, 0.25) is 0 Å². The smallest absolute Gasteiger partial charge is 0.166 e. The molecule has 136 valence electrons. The molecule has 6 nitrogen and oxygen atoms in total. The van der Waals surface area contributed by atoms with Crippen molar-refractivity contribution in [3.63, 3.8) is 0 Å². The second-order valence-corrected chi connectivity index (χ2v) is 7.55. The normalized spacial score (nSPS) is 10.9. The molecule has 2 aromatic carbocycles. The maximum absolute atomic E-state index is 5.20. The van der Waals surface area contributed by atoms with E-state index in [1.807, 2.05) is 54.6 Å². The fraction of sp³-hybridized carbons (Fsp3) is 0.158.